The lowest BCUT2D eigenvalue weighted by molar-refractivity contribution is 0.171. The predicted molar refractivity (Wildman–Crippen MR) is 127 cm³/mol. The number of aromatic nitrogens is 2. The molecule has 0 saturated heterocycles. The summed E-state index contributed by atoms with van der Waals surface area (Å²) in [5, 5.41) is 5.54. The summed E-state index contributed by atoms with van der Waals surface area (Å²) < 4.78 is 18.3. The van der Waals surface area contributed by atoms with E-state index in [4.69, 9.17) is 14.2 Å². The van der Waals surface area contributed by atoms with Crippen LogP contribution in [0.2, 0.25) is 0 Å². The van der Waals surface area contributed by atoms with Crippen molar-refractivity contribution >= 4 is 23.1 Å². The van der Waals surface area contributed by atoms with Crippen LogP contribution in [0.5, 0.6) is 17.2 Å². The van der Waals surface area contributed by atoms with Gasteiger partial charge in [-0.25, -0.2) is 9.78 Å². The molecule has 9 nitrogen and oxygen atoms in total. The van der Waals surface area contributed by atoms with Gasteiger partial charge in [-0.05, 0) is 61.0 Å². The molecule has 0 spiro atoms. The molecule has 3 heterocycles. The lowest BCUT2D eigenvalue weighted by Gasteiger charge is -2.19. The molecule has 1 aliphatic heterocycles. The number of pyridine rings is 1. The Morgan fingerprint density at radius 1 is 0.971 bits per heavy atom. The van der Waals surface area contributed by atoms with Crippen molar-refractivity contribution in [3.63, 3.8) is 0 Å². The van der Waals surface area contributed by atoms with Crippen molar-refractivity contribution < 1.29 is 19.0 Å². The number of urea groups is 1. The van der Waals surface area contributed by atoms with E-state index in [1.54, 1.807) is 48.7 Å². The van der Waals surface area contributed by atoms with Crippen molar-refractivity contribution in [1.29, 1.82) is 0 Å². The first-order chi connectivity index (χ1) is 16.5. The number of carbonyl (C=O) groups excluding carboxylic acids is 1. The zero-order valence-corrected chi connectivity index (χ0v) is 18.4. The molecule has 34 heavy (non-hydrogen) atoms. The number of hydrogen-bond acceptors (Lipinski definition) is 6. The van der Waals surface area contributed by atoms with Gasteiger partial charge in [0.25, 0.3) is 5.56 Å². The fourth-order valence-corrected chi connectivity index (χ4v) is 3.53. The minimum Gasteiger partial charge on any atom is -0.487 e. The summed E-state index contributed by atoms with van der Waals surface area (Å²) in [5.41, 5.74) is 3.17. The average molecular weight is 458 g/mol. The highest BCUT2D eigenvalue weighted by atomic mass is 16.6. The fourth-order valence-electron chi connectivity index (χ4n) is 3.53. The van der Waals surface area contributed by atoms with Gasteiger partial charge < -0.3 is 24.8 Å². The Kier molecular flexibility index (Phi) is 5.73. The van der Waals surface area contributed by atoms with Gasteiger partial charge in [-0.3, -0.25) is 9.20 Å². The van der Waals surface area contributed by atoms with Gasteiger partial charge in [-0.2, -0.15) is 0 Å². The number of anilines is 2. The molecule has 0 atom stereocenters. The maximum Gasteiger partial charge on any atom is 0.323 e. The van der Waals surface area contributed by atoms with E-state index in [2.05, 4.69) is 15.6 Å². The number of nitrogens with zero attached hydrogens (tertiary/aromatic N) is 2. The Morgan fingerprint density at radius 2 is 1.71 bits per heavy atom. The number of amides is 2. The Labute approximate surface area is 194 Å². The number of carbonyl (C=O) groups is 1. The number of ether oxygens (including phenoxy) is 3. The topological polar surface area (TPSA) is 103 Å². The highest BCUT2D eigenvalue weighted by Gasteiger charge is 2.13. The monoisotopic (exact) mass is 458 g/mol. The minimum atomic E-state index is -0.388. The molecule has 4 aromatic rings. The zero-order chi connectivity index (χ0) is 23.5. The van der Waals surface area contributed by atoms with E-state index >= 15 is 0 Å². The van der Waals surface area contributed by atoms with Gasteiger partial charge in [0.1, 0.15) is 31.2 Å². The smallest absolute Gasteiger partial charge is 0.323 e. The summed E-state index contributed by atoms with van der Waals surface area (Å²) >= 11 is 0. The number of benzene rings is 2. The average Bonchev–Trinajstić information content (AvgIpc) is 2.83. The predicted octanol–water partition coefficient (Wildman–Crippen LogP) is 4.00. The first kappa shape index (κ1) is 21.3. The van der Waals surface area contributed by atoms with E-state index in [0.717, 1.165) is 5.56 Å². The molecule has 2 amide bonds. The van der Waals surface area contributed by atoms with E-state index < -0.39 is 0 Å². The molecule has 0 aliphatic carbocycles. The Bertz CT molecular complexity index is 1420. The molecule has 2 N–H and O–H groups in total. The van der Waals surface area contributed by atoms with Gasteiger partial charge in [0.15, 0.2) is 11.5 Å². The fraction of sp³-hybridized carbons (Fsp3) is 0.160. The lowest BCUT2D eigenvalue weighted by Crippen LogP contribution is -2.20. The molecule has 0 radical (unpaired) electrons. The number of hydrogen-bond donors (Lipinski definition) is 2. The van der Waals surface area contributed by atoms with E-state index in [-0.39, 0.29) is 18.2 Å². The van der Waals surface area contributed by atoms with Crippen molar-refractivity contribution in [2.75, 3.05) is 23.8 Å². The summed E-state index contributed by atoms with van der Waals surface area (Å²) in [4.78, 5) is 29.1. The van der Waals surface area contributed by atoms with Gasteiger partial charge in [0.05, 0.1) is 5.69 Å². The molecular weight excluding hydrogens is 436 g/mol. The summed E-state index contributed by atoms with van der Waals surface area (Å²) in [6.45, 7) is 3.08. The molecule has 9 heteroatoms. The summed E-state index contributed by atoms with van der Waals surface area (Å²) in [7, 11) is 0. The van der Waals surface area contributed by atoms with Crippen LogP contribution in [-0.4, -0.2) is 28.6 Å². The number of rotatable bonds is 5. The first-order valence-electron chi connectivity index (χ1n) is 10.7. The third kappa shape index (κ3) is 4.78. The van der Waals surface area contributed by atoms with Crippen molar-refractivity contribution in [2.45, 2.75) is 13.5 Å². The molecule has 0 unspecified atom stereocenters. The van der Waals surface area contributed by atoms with Crippen LogP contribution in [0.25, 0.3) is 5.65 Å². The van der Waals surface area contributed by atoms with Gasteiger partial charge in [0, 0.05) is 29.7 Å². The van der Waals surface area contributed by atoms with Crippen LogP contribution in [-0.2, 0) is 6.61 Å². The SMILES string of the molecule is Cc1ccn2c(=O)cc(COc3ccc(NC(=O)Nc4ccc5c(c4)OCCO5)cc3)nc2c1. The van der Waals surface area contributed by atoms with Crippen LogP contribution in [0.15, 0.2) is 71.7 Å². The lowest BCUT2D eigenvalue weighted by atomic mass is 10.2. The van der Waals surface area contributed by atoms with Crippen molar-refractivity contribution in [3.05, 3.63) is 88.5 Å². The van der Waals surface area contributed by atoms with E-state index in [0.29, 0.717) is 53.2 Å². The molecule has 0 bridgehead atoms. The number of fused-ring (bicyclic) bond motifs is 2. The molecule has 5 rings (SSSR count). The molecule has 2 aromatic heterocycles. The van der Waals surface area contributed by atoms with Gasteiger partial charge in [-0.15, -0.1) is 0 Å². The van der Waals surface area contributed by atoms with Crippen molar-refractivity contribution in [1.82, 2.24) is 9.38 Å². The first-order valence-corrected chi connectivity index (χ1v) is 10.7. The maximum atomic E-state index is 12.3. The second-order valence-electron chi connectivity index (χ2n) is 7.77. The van der Waals surface area contributed by atoms with Crippen LogP contribution in [0.4, 0.5) is 16.2 Å². The van der Waals surface area contributed by atoms with Crippen LogP contribution < -0.4 is 30.4 Å². The highest BCUT2D eigenvalue weighted by Crippen LogP contribution is 2.32. The van der Waals surface area contributed by atoms with Crippen LogP contribution in [0.1, 0.15) is 11.3 Å². The van der Waals surface area contributed by atoms with Crippen LogP contribution >= 0.6 is 0 Å². The molecule has 0 fully saturated rings. The standard InChI is InChI=1S/C25H22N4O5/c1-16-8-9-29-23(12-16)26-19(14-24(29)30)15-34-20-5-2-17(3-6-20)27-25(31)28-18-4-7-21-22(13-18)33-11-10-32-21/h2-9,12-14H,10-11,15H2,1H3,(H2,27,28,31). The third-order valence-corrected chi connectivity index (χ3v) is 5.17. The van der Waals surface area contributed by atoms with E-state index in [1.807, 2.05) is 19.1 Å². The normalized spacial score (nSPS) is 12.3. The van der Waals surface area contributed by atoms with Gasteiger partial charge >= 0.3 is 6.03 Å². The Morgan fingerprint density at radius 3 is 2.53 bits per heavy atom. The van der Waals surface area contributed by atoms with Crippen LogP contribution in [0, 0.1) is 6.92 Å². The Hall–Kier alpha value is -4.53. The van der Waals surface area contributed by atoms with Crippen LogP contribution in [0.3, 0.4) is 0 Å². The van der Waals surface area contributed by atoms with E-state index in [1.165, 1.54) is 10.5 Å². The van der Waals surface area contributed by atoms with Crippen molar-refractivity contribution in [2.24, 2.45) is 0 Å². The molecule has 172 valence electrons. The highest BCUT2D eigenvalue weighted by molar-refractivity contribution is 5.99. The Balaban J connectivity index is 1.18. The zero-order valence-electron chi connectivity index (χ0n) is 18.4. The second kappa shape index (κ2) is 9.14. The van der Waals surface area contributed by atoms with E-state index in [9.17, 15) is 9.59 Å². The van der Waals surface area contributed by atoms with Crippen molar-refractivity contribution in [3.8, 4) is 17.2 Å². The molecule has 2 aromatic carbocycles. The summed E-state index contributed by atoms with van der Waals surface area (Å²) in [6, 6.07) is 16.9. The number of nitrogens with one attached hydrogen (secondary N) is 2. The number of aryl methyl sites for hydroxylation is 1. The maximum absolute atomic E-state index is 12.3. The summed E-state index contributed by atoms with van der Waals surface area (Å²) in [6.07, 6.45) is 1.71. The third-order valence-electron chi connectivity index (χ3n) is 5.17. The largest absolute Gasteiger partial charge is 0.487 e. The minimum absolute atomic E-state index is 0.150. The quantitative estimate of drug-likeness (QED) is 0.469. The molecule has 1 aliphatic rings. The molecule has 0 saturated carbocycles. The van der Waals surface area contributed by atoms with Gasteiger partial charge in [-0.1, -0.05) is 0 Å². The van der Waals surface area contributed by atoms with Gasteiger partial charge in [0.2, 0.25) is 0 Å². The second-order valence-corrected chi connectivity index (χ2v) is 7.77. The summed E-state index contributed by atoms with van der Waals surface area (Å²) in [5.74, 6) is 1.85. The molecular formula is C25H22N4O5.